The van der Waals surface area contributed by atoms with Gasteiger partial charge in [0.25, 0.3) is 0 Å². The topological polar surface area (TPSA) is 78.4 Å². The zero-order chi connectivity index (χ0) is 17.0. The Hall–Kier alpha value is -1.41. The van der Waals surface area contributed by atoms with Crippen LogP contribution in [0.25, 0.3) is 0 Å². The van der Waals surface area contributed by atoms with Crippen LogP contribution in [0.5, 0.6) is 0 Å². The zero-order valence-corrected chi connectivity index (χ0v) is 15.1. The van der Waals surface area contributed by atoms with E-state index in [1.54, 1.807) is 6.33 Å². The third kappa shape index (κ3) is 4.36. The molecule has 3 heterocycles. The third-order valence-electron chi connectivity index (χ3n) is 4.63. The molecule has 134 valence electrons. The molecule has 0 radical (unpaired) electrons. The summed E-state index contributed by atoms with van der Waals surface area (Å²) in [5.41, 5.74) is 0. The number of nitrogens with one attached hydrogen (secondary N) is 1. The SMILES string of the molecule is CCCS(=O)(=O)NC1CCCN(c2cc(N3CCCC3)ncn2)C1. The number of nitrogens with zero attached hydrogens (tertiary/aromatic N) is 4. The normalized spacial score (nSPS) is 22.1. The number of hydrogen-bond acceptors (Lipinski definition) is 6. The molecule has 0 bridgehead atoms. The molecule has 8 heteroatoms. The summed E-state index contributed by atoms with van der Waals surface area (Å²) >= 11 is 0. The molecule has 3 rings (SSSR count). The highest BCUT2D eigenvalue weighted by molar-refractivity contribution is 7.89. The van der Waals surface area contributed by atoms with E-state index >= 15 is 0 Å². The van der Waals surface area contributed by atoms with Crippen LogP contribution in [-0.2, 0) is 10.0 Å². The van der Waals surface area contributed by atoms with E-state index in [1.807, 2.05) is 13.0 Å². The lowest BCUT2D eigenvalue weighted by atomic mass is 10.1. The average Bonchev–Trinajstić information content (AvgIpc) is 3.09. The molecule has 1 aromatic heterocycles. The van der Waals surface area contributed by atoms with E-state index in [9.17, 15) is 8.42 Å². The van der Waals surface area contributed by atoms with Crippen molar-refractivity contribution in [1.29, 1.82) is 0 Å². The van der Waals surface area contributed by atoms with Gasteiger partial charge in [0.1, 0.15) is 18.0 Å². The predicted molar refractivity (Wildman–Crippen MR) is 95.9 cm³/mol. The van der Waals surface area contributed by atoms with E-state index in [0.717, 1.165) is 44.1 Å². The number of aromatic nitrogens is 2. The maximum Gasteiger partial charge on any atom is 0.211 e. The molecule has 1 unspecified atom stereocenters. The van der Waals surface area contributed by atoms with Crippen molar-refractivity contribution < 1.29 is 8.42 Å². The van der Waals surface area contributed by atoms with Crippen molar-refractivity contribution in [3.05, 3.63) is 12.4 Å². The summed E-state index contributed by atoms with van der Waals surface area (Å²) in [6, 6.07) is 1.99. The van der Waals surface area contributed by atoms with Crippen LogP contribution in [0.15, 0.2) is 12.4 Å². The van der Waals surface area contributed by atoms with Crippen molar-refractivity contribution >= 4 is 21.7 Å². The summed E-state index contributed by atoms with van der Waals surface area (Å²) in [5.74, 6) is 2.06. The van der Waals surface area contributed by atoms with E-state index in [1.165, 1.54) is 12.8 Å². The fraction of sp³-hybridized carbons (Fsp3) is 0.750. The minimum Gasteiger partial charge on any atom is -0.356 e. The first-order valence-electron chi connectivity index (χ1n) is 8.89. The second kappa shape index (κ2) is 7.65. The van der Waals surface area contributed by atoms with Crippen LogP contribution >= 0.6 is 0 Å². The van der Waals surface area contributed by atoms with E-state index in [0.29, 0.717) is 13.0 Å². The second-order valence-electron chi connectivity index (χ2n) is 6.65. The van der Waals surface area contributed by atoms with Crippen LogP contribution in [0.4, 0.5) is 11.6 Å². The van der Waals surface area contributed by atoms with Crippen molar-refractivity contribution in [3.63, 3.8) is 0 Å². The van der Waals surface area contributed by atoms with Gasteiger partial charge < -0.3 is 9.80 Å². The lowest BCUT2D eigenvalue weighted by molar-refractivity contribution is 0.463. The maximum atomic E-state index is 12.0. The van der Waals surface area contributed by atoms with Crippen LogP contribution in [0.1, 0.15) is 39.0 Å². The molecule has 2 saturated heterocycles. The van der Waals surface area contributed by atoms with Gasteiger partial charge in [0, 0.05) is 38.3 Å². The van der Waals surface area contributed by atoms with Gasteiger partial charge in [-0.05, 0) is 32.1 Å². The Bertz CT molecular complexity index is 646. The van der Waals surface area contributed by atoms with E-state index in [4.69, 9.17) is 0 Å². The van der Waals surface area contributed by atoms with E-state index in [2.05, 4.69) is 24.5 Å². The van der Waals surface area contributed by atoms with Gasteiger partial charge in [-0.15, -0.1) is 0 Å². The minimum absolute atomic E-state index is 0.0412. The summed E-state index contributed by atoms with van der Waals surface area (Å²) < 4.78 is 26.9. The molecule has 2 fully saturated rings. The molecule has 0 aromatic carbocycles. The number of hydrogen-bond donors (Lipinski definition) is 1. The lowest BCUT2D eigenvalue weighted by Crippen LogP contribution is -2.48. The monoisotopic (exact) mass is 353 g/mol. The highest BCUT2D eigenvalue weighted by Gasteiger charge is 2.25. The first-order valence-corrected chi connectivity index (χ1v) is 10.5. The van der Waals surface area contributed by atoms with E-state index < -0.39 is 10.0 Å². The number of piperidine rings is 1. The Balaban J connectivity index is 1.67. The van der Waals surface area contributed by atoms with E-state index in [-0.39, 0.29) is 11.8 Å². The Morgan fingerprint density at radius 1 is 1.12 bits per heavy atom. The smallest absolute Gasteiger partial charge is 0.211 e. The Morgan fingerprint density at radius 3 is 2.50 bits per heavy atom. The molecule has 1 aromatic rings. The van der Waals surface area contributed by atoms with Gasteiger partial charge >= 0.3 is 0 Å². The molecular formula is C16H27N5O2S. The van der Waals surface area contributed by atoms with Crippen molar-refractivity contribution in [1.82, 2.24) is 14.7 Å². The predicted octanol–water partition coefficient (Wildman–Crippen LogP) is 1.37. The Morgan fingerprint density at radius 2 is 1.79 bits per heavy atom. The van der Waals surface area contributed by atoms with Crippen molar-refractivity contribution in [2.24, 2.45) is 0 Å². The zero-order valence-electron chi connectivity index (χ0n) is 14.3. The third-order valence-corrected chi connectivity index (χ3v) is 6.27. The van der Waals surface area contributed by atoms with Gasteiger partial charge in [0.15, 0.2) is 0 Å². The number of anilines is 2. The fourth-order valence-electron chi connectivity index (χ4n) is 3.49. The van der Waals surface area contributed by atoms with Gasteiger partial charge in [-0.1, -0.05) is 6.92 Å². The first kappa shape index (κ1) is 17.4. The summed E-state index contributed by atoms with van der Waals surface area (Å²) in [6.45, 7) is 5.56. The molecule has 24 heavy (non-hydrogen) atoms. The number of rotatable bonds is 6. The standard InChI is InChI=1S/C16H27N5O2S/c1-2-10-24(22,23)19-14-6-5-9-21(12-14)16-11-15(17-13-18-16)20-7-3-4-8-20/h11,13-14,19H,2-10,12H2,1H3. The lowest BCUT2D eigenvalue weighted by Gasteiger charge is -2.34. The summed E-state index contributed by atoms with van der Waals surface area (Å²) in [5, 5.41) is 0. The highest BCUT2D eigenvalue weighted by Crippen LogP contribution is 2.23. The summed E-state index contributed by atoms with van der Waals surface area (Å²) in [4.78, 5) is 13.3. The summed E-state index contributed by atoms with van der Waals surface area (Å²) in [6.07, 6.45) is 6.52. The molecular weight excluding hydrogens is 326 g/mol. The number of sulfonamides is 1. The van der Waals surface area contributed by atoms with Gasteiger partial charge in [-0.3, -0.25) is 0 Å². The molecule has 1 atom stereocenters. The first-order chi connectivity index (χ1) is 11.6. The quantitative estimate of drug-likeness (QED) is 0.832. The minimum atomic E-state index is -3.18. The van der Waals surface area contributed by atoms with Crippen molar-refractivity contribution in [2.75, 3.05) is 41.7 Å². The molecule has 0 amide bonds. The second-order valence-corrected chi connectivity index (χ2v) is 8.52. The fourth-order valence-corrected chi connectivity index (χ4v) is 4.85. The Kier molecular flexibility index (Phi) is 5.55. The molecule has 7 nitrogen and oxygen atoms in total. The van der Waals surface area contributed by atoms with Crippen molar-refractivity contribution in [2.45, 2.75) is 45.1 Å². The molecule has 0 saturated carbocycles. The molecule has 2 aliphatic heterocycles. The van der Waals surface area contributed by atoms with Gasteiger partial charge in [-0.2, -0.15) is 0 Å². The van der Waals surface area contributed by atoms with Crippen molar-refractivity contribution in [3.8, 4) is 0 Å². The van der Waals surface area contributed by atoms with Gasteiger partial charge in [0.05, 0.1) is 5.75 Å². The molecule has 2 aliphatic rings. The molecule has 0 spiro atoms. The Labute approximate surface area is 144 Å². The van der Waals surface area contributed by atoms with Crippen LogP contribution in [-0.4, -0.2) is 56.4 Å². The largest absolute Gasteiger partial charge is 0.356 e. The van der Waals surface area contributed by atoms with Crippen LogP contribution in [0.2, 0.25) is 0 Å². The van der Waals surface area contributed by atoms with Gasteiger partial charge in [0.2, 0.25) is 10.0 Å². The highest BCUT2D eigenvalue weighted by atomic mass is 32.2. The summed E-state index contributed by atoms with van der Waals surface area (Å²) in [7, 11) is -3.18. The van der Waals surface area contributed by atoms with Gasteiger partial charge in [-0.25, -0.2) is 23.1 Å². The average molecular weight is 353 g/mol. The molecule has 0 aliphatic carbocycles. The van der Waals surface area contributed by atoms with Crippen LogP contribution < -0.4 is 14.5 Å². The molecule has 1 N–H and O–H groups in total. The maximum absolute atomic E-state index is 12.0. The van der Waals surface area contributed by atoms with Crippen LogP contribution in [0, 0.1) is 0 Å². The van der Waals surface area contributed by atoms with Crippen LogP contribution in [0.3, 0.4) is 0 Å².